The van der Waals surface area contributed by atoms with E-state index in [0.717, 1.165) is 5.69 Å². The molecular weight excluding hydrogens is 354 g/mol. The fraction of sp³-hybridized carbons (Fsp3) is 0.353. The van der Waals surface area contributed by atoms with Crippen molar-refractivity contribution in [1.82, 2.24) is 24.1 Å². The van der Waals surface area contributed by atoms with E-state index in [0.29, 0.717) is 34.7 Å². The first-order chi connectivity index (χ1) is 12.5. The van der Waals surface area contributed by atoms with Gasteiger partial charge in [-0.05, 0) is 26.0 Å². The van der Waals surface area contributed by atoms with Crippen LogP contribution >= 0.6 is 11.8 Å². The van der Waals surface area contributed by atoms with Crippen molar-refractivity contribution in [2.24, 2.45) is 7.05 Å². The average Bonchev–Trinajstić information content (AvgIpc) is 2.93. The number of ether oxygens (including phenoxy) is 1. The molecule has 0 amide bonds. The molecule has 3 aromatic heterocycles. The maximum absolute atomic E-state index is 12.3. The van der Waals surface area contributed by atoms with Crippen molar-refractivity contribution in [2.45, 2.75) is 31.2 Å². The molecule has 0 saturated carbocycles. The Morgan fingerprint density at radius 3 is 2.88 bits per heavy atom. The standard InChI is InChI=1S/C17H19N5O3S/c1-4-25-16(24)9-14-19-20-17(21(14)3)26-10-12-8-15(23)22-11(2)6-5-7-13(22)18-12/h5-8H,4,9-10H2,1-3H3. The second kappa shape index (κ2) is 7.69. The van der Waals surface area contributed by atoms with Gasteiger partial charge in [0.1, 0.15) is 17.9 Å². The fourth-order valence-corrected chi connectivity index (χ4v) is 3.36. The number of aromatic nitrogens is 5. The third-order valence-corrected chi connectivity index (χ3v) is 4.87. The van der Waals surface area contributed by atoms with Crippen LogP contribution in [0.25, 0.3) is 5.65 Å². The predicted octanol–water partition coefficient (Wildman–Crippen LogP) is 1.53. The molecule has 0 fully saturated rings. The van der Waals surface area contributed by atoms with Crippen molar-refractivity contribution in [1.29, 1.82) is 0 Å². The quantitative estimate of drug-likeness (QED) is 0.478. The number of fused-ring (bicyclic) bond motifs is 1. The fourth-order valence-electron chi connectivity index (χ4n) is 2.54. The molecule has 0 aliphatic rings. The van der Waals surface area contributed by atoms with Gasteiger partial charge in [0.25, 0.3) is 5.56 Å². The molecule has 8 nitrogen and oxygen atoms in total. The Morgan fingerprint density at radius 2 is 2.12 bits per heavy atom. The number of aryl methyl sites for hydroxylation is 1. The Hall–Kier alpha value is -2.68. The Labute approximate surface area is 154 Å². The molecule has 0 aliphatic heterocycles. The van der Waals surface area contributed by atoms with E-state index in [2.05, 4.69) is 15.2 Å². The smallest absolute Gasteiger partial charge is 0.313 e. The van der Waals surface area contributed by atoms with Crippen LogP contribution in [-0.2, 0) is 28.8 Å². The molecule has 3 heterocycles. The van der Waals surface area contributed by atoms with Crippen molar-refractivity contribution in [3.8, 4) is 0 Å². The molecule has 0 unspecified atom stereocenters. The molecule has 136 valence electrons. The summed E-state index contributed by atoms with van der Waals surface area (Å²) in [5.74, 6) is 0.678. The third kappa shape index (κ3) is 3.77. The number of thioether (sulfide) groups is 1. The van der Waals surface area contributed by atoms with E-state index in [1.165, 1.54) is 17.8 Å². The SMILES string of the molecule is CCOC(=O)Cc1nnc(SCc2cc(=O)n3c(C)cccc3n2)n1C. The van der Waals surface area contributed by atoms with Crippen LogP contribution in [-0.4, -0.2) is 36.7 Å². The van der Waals surface area contributed by atoms with Gasteiger partial charge < -0.3 is 9.30 Å². The van der Waals surface area contributed by atoms with Crippen LogP contribution in [0.4, 0.5) is 0 Å². The number of pyridine rings is 1. The highest BCUT2D eigenvalue weighted by Crippen LogP contribution is 2.20. The average molecular weight is 373 g/mol. The molecule has 0 aliphatic carbocycles. The summed E-state index contributed by atoms with van der Waals surface area (Å²) in [6, 6.07) is 7.08. The largest absolute Gasteiger partial charge is 0.466 e. The minimum Gasteiger partial charge on any atom is -0.466 e. The van der Waals surface area contributed by atoms with Crippen LogP contribution in [0, 0.1) is 6.92 Å². The summed E-state index contributed by atoms with van der Waals surface area (Å²) in [6.07, 6.45) is 0.0761. The van der Waals surface area contributed by atoms with Gasteiger partial charge in [-0.2, -0.15) is 0 Å². The number of rotatable bonds is 6. The molecule has 0 bridgehead atoms. The summed E-state index contributed by atoms with van der Waals surface area (Å²) in [5.41, 5.74) is 2.02. The van der Waals surface area contributed by atoms with E-state index in [1.54, 1.807) is 22.9 Å². The molecule has 0 radical (unpaired) electrons. The number of carbonyl (C=O) groups excluding carboxylic acids is 1. The van der Waals surface area contributed by atoms with Gasteiger partial charge in [0.15, 0.2) is 5.16 Å². The minimum absolute atomic E-state index is 0.0761. The number of hydrogen-bond acceptors (Lipinski definition) is 7. The van der Waals surface area contributed by atoms with E-state index >= 15 is 0 Å². The van der Waals surface area contributed by atoms with Crippen LogP contribution < -0.4 is 5.56 Å². The molecule has 0 saturated heterocycles. The first kappa shape index (κ1) is 18.1. The third-order valence-electron chi connectivity index (χ3n) is 3.82. The van der Waals surface area contributed by atoms with Crippen LogP contribution in [0.15, 0.2) is 34.2 Å². The molecule has 0 atom stereocenters. The normalized spacial score (nSPS) is 11.0. The van der Waals surface area contributed by atoms with Crippen molar-refractivity contribution >= 4 is 23.4 Å². The zero-order chi connectivity index (χ0) is 18.7. The summed E-state index contributed by atoms with van der Waals surface area (Å²) >= 11 is 1.41. The van der Waals surface area contributed by atoms with Crippen molar-refractivity contribution < 1.29 is 9.53 Å². The van der Waals surface area contributed by atoms with Crippen LogP contribution in [0.2, 0.25) is 0 Å². The summed E-state index contributed by atoms with van der Waals surface area (Å²) in [6.45, 7) is 3.96. The summed E-state index contributed by atoms with van der Waals surface area (Å²) in [7, 11) is 1.79. The van der Waals surface area contributed by atoms with Crippen LogP contribution in [0.3, 0.4) is 0 Å². The first-order valence-corrected chi connectivity index (χ1v) is 9.13. The van der Waals surface area contributed by atoms with Gasteiger partial charge in [0.05, 0.1) is 12.3 Å². The summed E-state index contributed by atoms with van der Waals surface area (Å²) in [5, 5.41) is 8.78. The van der Waals surface area contributed by atoms with E-state index < -0.39 is 0 Å². The van der Waals surface area contributed by atoms with Crippen LogP contribution in [0.1, 0.15) is 24.1 Å². The minimum atomic E-state index is -0.334. The van der Waals surface area contributed by atoms with Gasteiger partial charge in [-0.1, -0.05) is 17.8 Å². The van der Waals surface area contributed by atoms with E-state index in [-0.39, 0.29) is 17.9 Å². The number of nitrogens with zero attached hydrogens (tertiary/aromatic N) is 5. The Kier molecular flexibility index (Phi) is 5.36. The van der Waals surface area contributed by atoms with Gasteiger partial charge in [-0.15, -0.1) is 10.2 Å². The van der Waals surface area contributed by atoms with Gasteiger partial charge in [0, 0.05) is 24.6 Å². The molecular formula is C17H19N5O3S. The van der Waals surface area contributed by atoms with Crippen molar-refractivity contribution in [3.63, 3.8) is 0 Å². The first-order valence-electron chi connectivity index (χ1n) is 8.14. The lowest BCUT2D eigenvalue weighted by atomic mass is 10.3. The lowest BCUT2D eigenvalue weighted by molar-refractivity contribution is -0.142. The molecule has 3 rings (SSSR count). The molecule has 3 aromatic rings. The molecule has 0 spiro atoms. The molecule has 26 heavy (non-hydrogen) atoms. The van der Waals surface area contributed by atoms with Gasteiger partial charge >= 0.3 is 5.97 Å². The highest BCUT2D eigenvalue weighted by atomic mass is 32.2. The number of carbonyl (C=O) groups is 1. The van der Waals surface area contributed by atoms with Gasteiger partial charge in [-0.25, -0.2) is 4.98 Å². The number of hydrogen-bond donors (Lipinski definition) is 0. The lowest BCUT2D eigenvalue weighted by Crippen LogP contribution is -2.17. The zero-order valence-electron chi connectivity index (χ0n) is 14.8. The van der Waals surface area contributed by atoms with E-state index in [4.69, 9.17) is 4.74 Å². The number of esters is 1. The maximum Gasteiger partial charge on any atom is 0.313 e. The van der Waals surface area contributed by atoms with Crippen LogP contribution in [0.5, 0.6) is 0 Å². The Balaban J connectivity index is 1.76. The van der Waals surface area contributed by atoms with Gasteiger partial charge in [-0.3, -0.25) is 14.0 Å². The summed E-state index contributed by atoms with van der Waals surface area (Å²) in [4.78, 5) is 28.4. The topological polar surface area (TPSA) is 91.4 Å². The van der Waals surface area contributed by atoms with E-state index in [9.17, 15) is 9.59 Å². The predicted molar refractivity (Wildman–Crippen MR) is 97.1 cm³/mol. The van der Waals surface area contributed by atoms with Gasteiger partial charge in [0.2, 0.25) is 0 Å². The second-order valence-corrected chi connectivity index (χ2v) is 6.62. The highest BCUT2D eigenvalue weighted by molar-refractivity contribution is 7.98. The molecule has 9 heteroatoms. The lowest BCUT2D eigenvalue weighted by Gasteiger charge is -2.06. The summed E-state index contributed by atoms with van der Waals surface area (Å²) < 4.78 is 8.26. The molecule has 0 aromatic carbocycles. The van der Waals surface area contributed by atoms with Crippen molar-refractivity contribution in [3.05, 3.63) is 51.8 Å². The second-order valence-electron chi connectivity index (χ2n) is 5.67. The van der Waals surface area contributed by atoms with E-state index in [1.807, 2.05) is 25.1 Å². The molecule has 0 N–H and O–H groups in total. The monoisotopic (exact) mass is 373 g/mol. The Morgan fingerprint density at radius 1 is 1.31 bits per heavy atom. The Bertz CT molecular complexity index is 1010. The zero-order valence-corrected chi connectivity index (χ0v) is 15.6. The van der Waals surface area contributed by atoms with Crippen molar-refractivity contribution in [2.75, 3.05) is 6.61 Å². The highest BCUT2D eigenvalue weighted by Gasteiger charge is 2.14. The maximum atomic E-state index is 12.3.